The predicted molar refractivity (Wildman–Crippen MR) is 59.0 cm³/mol. The topological polar surface area (TPSA) is 27.7 Å². The molecule has 0 heterocycles. The largest absolute Gasteiger partial charge is 0.382 e. The fourth-order valence-electron chi connectivity index (χ4n) is 1.49. The second-order valence-electron chi connectivity index (χ2n) is 3.80. The zero-order valence-corrected chi connectivity index (χ0v) is 10.6. The number of ether oxygens (including phenoxy) is 3. The zero-order chi connectivity index (χ0) is 10.6. The normalized spacial score (nSPS) is 31.9. The van der Waals surface area contributed by atoms with Gasteiger partial charge in [-0.25, -0.2) is 0 Å². The average Bonchev–Trinajstić information content (AvgIpc) is 2.11. The molecule has 84 valence electrons. The number of rotatable bonds is 6. The van der Waals surface area contributed by atoms with Gasteiger partial charge >= 0.3 is 0 Å². The SMILES string of the molecule is COCCOC1C(Br)CC1OC(C)C. The van der Waals surface area contributed by atoms with Crippen molar-refractivity contribution >= 4 is 15.9 Å². The molecule has 0 spiro atoms. The molecule has 4 heteroatoms. The van der Waals surface area contributed by atoms with Crippen LogP contribution in [0, 0.1) is 0 Å². The van der Waals surface area contributed by atoms with Crippen molar-refractivity contribution in [3.8, 4) is 0 Å². The standard InChI is InChI=1S/C10H19BrO3/c1-7(2)14-9-6-8(11)10(9)13-5-4-12-3/h7-10H,4-6H2,1-3H3. The zero-order valence-electron chi connectivity index (χ0n) is 9.03. The van der Waals surface area contributed by atoms with Crippen molar-refractivity contribution < 1.29 is 14.2 Å². The minimum absolute atomic E-state index is 0.188. The Hall–Kier alpha value is 0.360. The summed E-state index contributed by atoms with van der Waals surface area (Å²) in [4.78, 5) is 0.433. The Morgan fingerprint density at radius 2 is 2.07 bits per heavy atom. The minimum atomic E-state index is 0.188. The first-order chi connectivity index (χ1) is 6.65. The van der Waals surface area contributed by atoms with Gasteiger partial charge in [0.15, 0.2) is 0 Å². The van der Waals surface area contributed by atoms with Crippen molar-refractivity contribution in [2.45, 2.75) is 43.4 Å². The van der Waals surface area contributed by atoms with Crippen molar-refractivity contribution in [1.82, 2.24) is 0 Å². The maximum absolute atomic E-state index is 5.70. The van der Waals surface area contributed by atoms with Gasteiger partial charge in [-0.3, -0.25) is 0 Å². The lowest BCUT2D eigenvalue weighted by molar-refractivity contribution is -0.142. The molecule has 14 heavy (non-hydrogen) atoms. The van der Waals surface area contributed by atoms with Crippen LogP contribution in [-0.2, 0) is 14.2 Å². The lowest BCUT2D eigenvalue weighted by atomic mass is 9.91. The summed E-state index contributed by atoms with van der Waals surface area (Å²) in [5, 5.41) is 0. The van der Waals surface area contributed by atoms with Crippen LogP contribution in [0.5, 0.6) is 0 Å². The first kappa shape index (κ1) is 12.4. The van der Waals surface area contributed by atoms with Crippen LogP contribution in [0.3, 0.4) is 0 Å². The van der Waals surface area contributed by atoms with E-state index in [-0.39, 0.29) is 18.3 Å². The van der Waals surface area contributed by atoms with E-state index < -0.39 is 0 Å². The van der Waals surface area contributed by atoms with E-state index in [4.69, 9.17) is 14.2 Å². The molecule has 0 aliphatic heterocycles. The molecular formula is C10H19BrO3. The summed E-state index contributed by atoms with van der Waals surface area (Å²) in [5.41, 5.74) is 0. The lowest BCUT2D eigenvalue weighted by Gasteiger charge is -2.41. The Kier molecular flexibility index (Phi) is 5.38. The number of hydrogen-bond donors (Lipinski definition) is 0. The maximum Gasteiger partial charge on any atom is 0.0963 e. The third kappa shape index (κ3) is 3.50. The molecule has 0 aromatic carbocycles. The lowest BCUT2D eigenvalue weighted by Crippen LogP contribution is -2.51. The molecule has 1 rings (SSSR count). The molecular weight excluding hydrogens is 248 g/mol. The average molecular weight is 267 g/mol. The van der Waals surface area contributed by atoms with Gasteiger partial charge in [-0.2, -0.15) is 0 Å². The van der Waals surface area contributed by atoms with Crippen LogP contribution in [0.15, 0.2) is 0 Å². The number of hydrogen-bond acceptors (Lipinski definition) is 3. The van der Waals surface area contributed by atoms with Crippen LogP contribution in [0.4, 0.5) is 0 Å². The van der Waals surface area contributed by atoms with Crippen LogP contribution in [0.1, 0.15) is 20.3 Å². The third-order valence-electron chi connectivity index (χ3n) is 2.23. The monoisotopic (exact) mass is 266 g/mol. The van der Waals surface area contributed by atoms with E-state index in [1.165, 1.54) is 0 Å². The van der Waals surface area contributed by atoms with Gasteiger partial charge in [0.2, 0.25) is 0 Å². The van der Waals surface area contributed by atoms with Gasteiger partial charge in [0.05, 0.1) is 31.5 Å². The van der Waals surface area contributed by atoms with Crippen LogP contribution < -0.4 is 0 Å². The van der Waals surface area contributed by atoms with E-state index >= 15 is 0 Å². The number of alkyl halides is 1. The Balaban J connectivity index is 2.19. The van der Waals surface area contributed by atoms with E-state index in [1.807, 2.05) is 13.8 Å². The van der Waals surface area contributed by atoms with E-state index in [0.29, 0.717) is 18.0 Å². The van der Waals surface area contributed by atoms with Crippen molar-refractivity contribution in [2.24, 2.45) is 0 Å². The third-order valence-corrected chi connectivity index (χ3v) is 3.12. The van der Waals surface area contributed by atoms with Gasteiger partial charge in [-0.15, -0.1) is 0 Å². The molecule has 0 radical (unpaired) electrons. The summed E-state index contributed by atoms with van der Waals surface area (Å²) in [6.07, 6.45) is 1.74. The molecule has 3 nitrogen and oxygen atoms in total. The predicted octanol–water partition coefficient (Wildman–Crippen LogP) is 1.98. The fraction of sp³-hybridized carbons (Fsp3) is 1.00. The highest BCUT2D eigenvalue weighted by atomic mass is 79.9. The summed E-state index contributed by atoms with van der Waals surface area (Å²) in [7, 11) is 1.68. The molecule has 3 unspecified atom stereocenters. The van der Waals surface area contributed by atoms with Gasteiger partial charge in [0.25, 0.3) is 0 Å². The Morgan fingerprint density at radius 1 is 1.36 bits per heavy atom. The fourth-order valence-corrected chi connectivity index (χ4v) is 2.35. The molecule has 0 amide bonds. The molecule has 3 atom stereocenters. The highest BCUT2D eigenvalue weighted by Crippen LogP contribution is 2.33. The molecule has 1 saturated carbocycles. The van der Waals surface area contributed by atoms with Crippen LogP contribution in [-0.4, -0.2) is 43.5 Å². The number of halogens is 1. The van der Waals surface area contributed by atoms with Crippen LogP contribution in [0.2, 0.25) is 0 Å². The summed E-state index contributed by atoms with van der Waals surface area (Å²) in [5.74, 6) is 0. The second kappa shape index (κ2) is 6.05. The molecule has 1 fully saturated rings. The summed E-state index contributed by atoms with van der Waals surface area (Å²) in [6.45, 7) is 5.38. The van der Waals surface area contributed by atoms with Crippen LogP contribution in [0.25, 0.3) is 0 Å². The Morgan fingerprint density at radius 3 is 2.57 bits per heavy atom. The maximum atomic E-state index is 5.70. The van der Waals surface area contributed by atoms with Gasteiger partial charge in [0.1, 0.15) is 0 Å². The van der Waals surface area contributed by atoms with E-state index in [2.05, 4.69) is 15.9 Å². The minimum Gasteiger partial charge on any atom is -0.382 e. The first-order valence-corrected chi connectivity index (χ1v) is 5.96. The first-order valence-electron chi connectivity index (χ1n) is 5.05. The van der Waals surface area contributed by atoms with Gasteiger partial charge in [-0.1, -0.05) is 15.9 Å². The quantitative estimate of drug-likeness (QED) is 0.544. The second-order valence-corrected chi connectivity index (χ2v) is 4.98. The molecule has 0 aromatic heterocycles. The molecule has 1 aliphatic rings. The van der Waals surface area contributed by atoms with E-state index in [1.54, 1.807) is 7.11 Å². The van der Waals surface area contributed by atoms with Crippen LogP contribution >= 0.6 is 15.9 Å². The number of methoxy groups -OCH3 is 1. The molecule has 1 aliphatic carbocycles. The van der Waals surface area contributed by atoms with E-state index in [9.17, 15) is 0 Å². The van der Waals surface area contributed by atoms with Crippen molar-refractivity contribution in [3.05, 3.63) is 0 Å². The molecule has 0 N–H and O–H groups in total. The Bertz CT molecular complexity index is 163. The molecule has 0 bridgehead atoms. The van der Waals surface area contributed by atoms with Gasteiger partial charge < -0.3 is 14.2 Å². The Labute approximate surface area is 94.2 Å². The van der Waals surface area contributed by atoms with Crippen molar-refractivity contribution in [3.63, 3.8) is 0 Å². The van der Waals surface area contributed by atoms with Crippen molar-refractivity contribution in [1.29, 1.82) is 0 Å². The highest BCUT2D eigenvalue weighted by Gasteiger charge is 2.41. The highest BCUT2D eigenvalue weighted by molar-refractivity contribution is 9.09. The van der Waals surface area contributed by atoms with E-state index in [0.717, 1.165) is 6.42 Å². The van der Waals surface area contributed by atoms with Gasteiger partial charge in [0, 0.05) is 11.9 Å². The summed E-state index contributed by atoms with van der Waals surface area (Å²) < 4.78 is 16.3. The summed E-state index contributed by atoms with van der Waals surface area (Å²) >= 11 is 3.56. The smallest absolute Gasteiger partial charge is 0.0963 e. The van der Waals surface area contributed by atoms with Gasteiger partial charge in [-0.05, 0) is 20.3 Å². The van der Waals surface area contributed by atoms with Crippen molar-refractivity contribution in [2.75, 3.05) is 20.3 Å². The molecule has 0 aromatic rings. The summed E-state index contributed by atoms with van der Waals surface area (Å²) in [6, 6.07) is 0. The molecule has 0 saturated heterocycles.